The molecule has 2 heterocycles. The molecule has 8 heteroatoms. The third-order valence-corrected chi connectivity index (χ3v) is 5.84. The summed E-state index contributed by atoms with van der Waals surface area (Å²) in [5, 5.41) is 4.86. The molecule has 3 rings (SSSR count). The van der Waals surface area contributed by atoms with Gasteiger partial charge in [0.05, 0.1) is 32.8 Å². The van der Waals surface area contributed by atoms with Crippen molar-refractivity contribution in [3.63, 3.8) is 0 Å². The van der Waals surface area contributed by atoms with Crippen LogP contribution in [0, 0.1) is 0 Å². The lowest BCUT2D eigenvalue weighted by molar-refractivity contribution is -0.124. The van der Waals surface area contributed by atoms with Gasteiger partial charge in [0.25, 0.3) is 5.91 Å². The molecule has 150 valence electrons. The summed E-state index contributed by atoms with van der Waals surface area (Å²) in [7, 11) is 6.36. The highest BCUT2D eigenvalue weighted by Gasteiger charge is 2.43. The standard InChI is InChI=1S/C20H24N2O5S/c1-22-18(16-6-5-9-28-16)17(19(23)21-7-8-25-2)12-10-14(26-3)15(27-4)11-13(12)20(22)24/h5-6,9-11,17-18H,7-8H2,1-4H3,(H,21,23). The van der Waals surface area contributed by atoms with Gasteiger partial charge in [-0.15, -0.1) is 11.3 Å². The monoisotopic (exact) mass is 404 g/mol. The fourth-order valence-corrected chi connectivity index (χ4v) is 4.44. The predicted molar refractivity (Wildman–Crippen MR) is 106 cm³/mol. The van der Waals surface area contributed by atoms with Crippen LogP contribution in [0.3, 0.4) is 0 Å². The number of fused-ring (bicyclic) bond motifs is 1. The van der Waals surface area contributed by atoms with Gasteiger partial charge in [0.15, 0.2) is 11.5 Å². The fraction of sp³-hybridized carbons (Fsp3) is 0.400. The molecule has 1 aromatic carbocycles. The number of nitrogens with one attached hydrogen (secondary N) is 1. The maximum absolute atomic E-state index is 13.2. The van der Waals surface area contributed by atoms with Gasteiger partial charge in [0.2, 0.25) is 5.91 Å². The number of amides is 2. The Hall–Kier alpha value is -2.58. The molecule has 2 atom stereocenters. The van der Waals surface area contributed by atoms with Gasteiger partial charge in [-0.25, -0.2) is 0 Å². The number of ether oxygens (including phenoxy) is 3. The Labute approximate surface area is 168 Å². The Morgan fingerprint density at radius 2 is 1.93 bits per heavy atom. The van der Waals surface area contributed by atoms with E-state index in [1.54, 1.807) is 31.2 Å². The summed E-state index contributed by atoms with van der Waals surface area (Å²) in [5.74, 6) is 0.0425. The SMILES string of the molecule is COCCNC(=O)C1c2cc(OC)c(OC)cc2C(=O)N(C)C1c1cccs1. The Morgan fingerprint density at radius 3 is 2.54 bits per heavy atom. The number of benzene rings is 1. The molecule has 0 bridgehead atoms. The van der Waals surface area contributed by atoms with Crippen LogP contribution in [0.1, 0.15) is 32.8 Å². The van der Waals surface area contributed by atoms with Crippen molar-refractivity contribution in [2.24, 2.45) is 0 Å². The second kappa shape index (κ2) is 8.62. The van der Waals surface area contributed by atoms with Crippen molar-refractivity contribution < 1.29 is 23.8 Å². The predicted octanol–water partition coefficient (Wildman–Crippen LogP) is 2.44. The van der Waals surface area contributed by atoms with Crippen LogP contribution in [0.4, 0.5) is 0 Å². The smallest absolute Gasteiger partial charge is 0.254 e. The zero-order chi connectivity index (χ0) is 20.3. The number of carbonyl (C=O) groups is 2. The van der Waals surface area contributed by atoms with Crippen LogP contribution in [0.5, 0.6) is 11.5 Å². The molecule has 0 spiro atoms. The molecule has 0 saturated carbocycles. The fourth-order valence-electron chi connectivity index (χ4n) is 3.53. The number of nitrogens with zero attached hydrogens (tertiary/aromatic N) is 1. The molecule has 1 aliphatic rings. The highest BCUT2D eigenvalue weighted by Crippen LogP contribution is 2.46. The first kappa shape index (κ1) is 20.2. The average Bonchev–Trinajstić information content (AvgIpc) is 3.23. The van der Waals surface area contributed by atoms with Crippen molar-refractivity contribution in [3.05, 3.63) is 45.6 Å². The summed E-state index contributed by atoms with van der Waals surface area (Å²) >= 11 is 1.52. The maximum Gasteiger partial charge on any atom is 0.254 e. The number of carbonyl (C=O) groups excluding carboxylic acids is 2. The van der Waals surface area contributed by atoms with Crippen LogP contribution >= 0.6 is 11.3 Å². The first-order chi connectivity index (χ1) is 13.5. The van der Waals surface area contributed by atoms with Gasteiger partial charge < -0.3 is 24.4 Å². The molecule has 0 aliphatic carbocycles. The van der Waals surface area contributed by atoms with E-state index < -0.39 is 12.0 Å². The molecule has 1 aromatic heterocycles. The van der Waals surface area contributed by atoms with Crippen LogP contribution in [-0.2, 0) is 9.53 Å². The van der Waals surface area contributed by atoms with Gasteiger partial charge in [-0.3, -0.25) is 9.59 Å². The van der Waals surface area contributed by atoms with Crippen LogP contribution < -0.4 is 14.8 Å². The lowest BCUT2D eigenvalue weighted by Gasteiger charge is -2.39. The van der Waals surface area contributed by atoms with Gasteiger partial charge in [-0.05, 0) is 29.1 Å². The van der Waals surface area contributed by atoms with E-state index in [0.717, 1.165) is 4.88 Å². The van der Waals surface area contributed by atoms with E-state index in [0.29, 0.717) is 35.8 Å². The van der Waals surface area contributed by atoms with E-state index in [4.69, 9.17) is 14.2 Å². The molecular formula is C20H24N2O5S. The molecule has 0 fully saturated rings. The molecule has 2 aromatic rings. The number of likely N-dealkylation sites (N-methyl/N-ethyl adjacent to an activating group) is 1. The Kier molecular flexibility index (Phi) is 6.21. The molecular weight excluding hydrogens is 380 g/mol. The minimum atomic E-state index is -0.576. The van der Waals surface area contributed by atoms with Crippen LogP contribution in [0.15, 0.2) is 29.6 Å². The normalized spacial score (nSPS) is 18.6. The molecule has 28 heavy (non-hydrogen) atoms. The number of hydrogen-bond acceptors (Lipinski definition) is 6. The molecule has 7 nitrogen and oxygen atoms in total. The molecule has 2 unspecified atom stereocenters. The van der Waals surface area contributed by atoms with E-state index in [9.17, 15) is 9.59 Å². The summed E-state index contributed by atoms with van der Waals surface area (Å²) < 4.78 is 15.8. The first-order valence-electron chi connectivity index (χ1n) is 8.86. The van der Waals surface area contributed by atoms with Crippen molar-refractivity contribution >= 4 is 23.2 Å². The Balaban J connectivity index is 2.13. The third kappa shape index (κ3) is 3.57. The van der Waals surface area contributed by atoms with Crippen molar-refractivity contribution in [2.75, 3.05) is 41.5 Å². The van der Waals surface area contributed by atoms with E-state index in [1.165, 1.54) is 25.6 Å². The molecule has 0 saturated heterocycles. The summed E-state index contributed by atoms with van der Waals surface area (Å²) in [6.45, 7) is 0.805. The molecule has 1 aliphatic heterocycles. The maximum atomic E-state index is 13.2. The zero-order valence-electron chi connectivity index (χ0n) is 16.4. The number of hydrogen-bond donors (Lipinski definition) is 1. The van der Waals surface area contributed by atoms with E-state index >= 15 is 0 Å². The van der Waals surface area contributed by atoms with Gasteiger partial charge in [0.1, 0.15) is 0 Å². The summed E-state index contributed by atoms with van der Waals surface area (Å²) in [6, 6.07) is 6.84. The van der Waals surface area contributed by atoms with Crippen LogP contribution in [0.25, 0.3) is 0 Å². The number of thiophene rings is 1. The second-order valence-corrected chi connectivity index (χ2v) is 7.41. The van der Waals surface area contributed by atoms with Crippen molar-refractivity contribution in [1.29, 1.82) is 0 Å². The average molecular weight is 404 g/mol. The lowest BCUT2D eigenvalue weighted by atomic mass is 9.81. The third-order valence-electron chi connectivity index (χ3n) is 4.90. The number of methoxy groups -OCH3 is 3. The lowest BCUT2D eigenvalue weighted by Crippen LogP contribution is -2.45. The van der Waals surface area contributed by atoms with Gasteiger partial charge in [-0.2, -0.15) is 0 Å². The topological polar surface area (TPSA) is 77.1 Å². The summed E-state index contributed by atoms with van der Waals surface area (Å²) in [4.78, 5) is 28.8. The summed E-state index contributed by atoms with van der Waals surface area (Å²) in [6.07, 6.45) is 0. The van der Waals surface area contributed by atoms with Crippen molar-refractivity contribution in [1.82, 2.24) is 10.2 Å². The Bertz CT molecular complexity index is 853. The van der Waals surface area contributed by atoms with E-state index in [2.05, 4.69) is 5.32 Å². The van der Waals surface area contributed by atoms with E-state index in [-0.39, 0.29) is 11.8 Å². The molecule has 2 amide bonds. The number of rotatable bonds is 7. The molecule has 0 radical (unpaired) electrons. The largest absolute Gasteiger partial charge is 0.493 e. The van der Waals surface area contributed by atoms with Crippen molar-refractivity contribution in [3.8, 4) is 11.5 Å². The minimum Gasteiger partial charge on any atom is -0.493 e. The molecule has 1 N–H and O–H groups in total. The zero-order valence-corrected chi connectivity index (χ0v) is 17.2. The van der Waals surface area contributed by atoms with Crippen molar-refractivity contribution in [2.45, 2.75) is 12.0 Å². The highest BCUT2D eigenvalue weighted by molar-refractivity contribution is 7.10. The Morgan fingerprint density at radius 1 is 1.21 bits per heavy atom. The minimum absolute atomic E-state index is 0.157. The quantitative estimate of drug-likeness (QED) is 0.718. The summed E-state index contributed by atoms with van der Waals surface area (Å²) in [5.41, 5.74) is 1.08. The van der Waals surface area contributed by atoms with Gasteiger partial charge in [-0.1, -0.05) is 6.07 Å². The van der Waals surface area contributed by atoms with Crippen LogP contribution in [0.2, 0.25) is 0 Å². The highest BCUT2D eigenvalue weighted by atomic mass is 32.1. The van der Waals surface area contributed by atoms with Gasteiger partial charge in [0, 0.05) is 31.1 Å². The second-order valence-electron chi connectivity index (χ2n) is 6.43. The van der Waals surface area contributed by atoms with Gasteiger partial charge >= 0.3 is 0 Å². The van der Waals surface area contributed by atoms with E-state index in [1.807, 2.05) is 17.5 Å². The van der Waals surface area contributed by atoms with Crippen LogP contribution in [-0.4, -0.2) is 58.2 Å². The first-order valence-corrected chi connectivity index (χ1v) is 9.74.